The van der Waals surface area contributed by atoms with E-state index in [-0.39, 0.29) is 0 Å². The molecule has 0 radical (unpaired) electrons. The van der Waals surface area contributed by atoms with E-state index in [2.05, 4.69) is 34.8 Å². The molecule has 1 aromatic carbocycles. The number of nitrogens with zero attached hydrogens (tertiary/aromatic N) is 1. The Labute approximate surface area is 111 Å². The number of aromatic nitrogens is 1. The van der Waals surface area contributed by atoms with Crippen molar-refractivity contribution in [2.24, 2.45) is 0 Å². The molecule has 0 spiro atoms. The zero-order valence-corrected chi connectivity index (χ0v) is 11.7. The number of rotatable bonds is 7. The summed E-state index contributed by atoms with van der Waals surface area (Å²) in [5.74, 6) is 1.27. The largest absolute Gasteiger partial charge is 0.310 e. The zero-order chi connectivity index (χ0) is 11.9. The van der Waals surface area contributed by atoms with E-state index >= 15 is 0 Å². The van der Waals surface area contributed by atoms with Gasteiger partial charge in [-0.2, -0.15) is 11.8 Å². The summed E-state index contributed by atoms with van der Waals surface area (Å²) in [6.07, 6.45) is 4.72. The van der Waals surface area contributed by atoms with Crippen LogP contribution >= 0.6 is 23.1 Å². The van der Waals surface area contributed by atoms with Crippen LogP contribution < -0.4 is 5.32 Å². The molecule has 92 valence electrons. The Balaban J connectivity index is 1.75. The lowest BCUT2D eigenvalue weighted by Gasteiger charge is -2.01. The molecule has 2 rings (SSSR count). The van der Waals surface area contributed by atoms with Gasteiger partial charge in [0.05, 0.1) is 10.2 Å². The molecule has 0 aliphatic heterocycles. The van der Waals surface area contributed by atoms with Crippen LogP contribution in [0.2, 0.25) is 0 Å². The van der Waals surface area contributed by atoms with Crippen LogP contribution in [0.25, 0.3) is 10.2 Å². The molecule has 0 aliphatic carbocycles. The summed E-state index contributed by atoms with van der Waals surface area (Å²) in [6.45, 7) is 2.00. The first kappa shape index (κ1) is 12.9. The first-order valence-corrected chi connectivity index (χ1v) is 8.15. The quantitative estimate of drug-likeness (QED) is 0.776. The van der Waals surface area contributed by atoms with Gasteiger partial charge in [0.1, 0.15) is 5.01 Å². The van der Waals surface area contributed by atoms with Gasteiger partial charge in [-0.3, -0.25) is 0 Å². The van der Waals surface area contributed by atoms with Crippen LogP contribution in [-0.4, -0.2) is 23.5 Å². The lowest BCUT2D eigenvalue weighted by atomic mass is 10.3. The molecular formula is C13H18N2S2. The highest BCUT2D eigenvalue weighted by Gasteiger charge is 2.01. The van der Waals surface area contributed by atoms with Gasteiger partial charge in [-0.15, -0.1) is 11.3 Å². The van der Waals surface area contributed by atoms with Crippen LogP contribution in [0.3, 0.4) is 0 Å². The van der Waals surface area contributed by atoms with E-state index in [4.69, 9.17) is 0 Å². The van der Waals surface area contributed by atoms with E-state index in [0.717, 1.165) is 18.6 Å². The van der Waals surface area contributed by atoms with Crippen LogP contribution in [-0.2, 0) is 6.54 Å². The number of hydrogen-bond donors (Lipinski definition) is 1. The SMILES string of the molecule is CSCCCCNCc1nc2ccccc2s1. The van der Waals surface area contributed by atoms with Crippen molar-refractivity contribution < 1.29 is 0 Å². The third kappa shape index (κ3) is 3.98. The number of para-hydroxylation sites is 1. The van der Waals surface area contributed by atoms with Crippen molar-refractivity contribution in [3.05, 3.63) is 29.3 Å². The molecule has 0 saturated carbocycles. The van der Waals surface area contributed by atoms with Crippen molar-refractivity contribution in [3.63, 3.8) is 0 Å². The van der Waals surface area contributed by atoms with Crippen LogP contribution in [0, 0.1) is 0 Å². The lowest BCUT2D eigenvalue weighted by Crippen LogP contribution is -2.14. The highest BCUT2D eigenvalue weighted by molar-refractivity contribution is 7.98. The molecule has 2 nitrogen and oxygen atoms in total. The van der Waals surface area contributed by atoms with Crippen LogP contribution in [0.15, 0.2) is 24.3 Å². The first-order chi connectivity index (χ1) is 8.40. The van der Waals surface area contributed by atoms with Crippen LogP contribution in [0.5, 0.6) is 0 Å². The molecule has 1 aromatic heterocycles. The molecular weight excluding hydrogens is 248 g/mol. The summed E-state index contributed by atoms with van der Waals surface area (Å²) < 4.78 is 1.28. The molecule has 4 heteroatoms. The zero-order valence-electron chi connectivity index (χ0n) is 10.1. The minimum atomic E-state index is 0.901. The minimum Gasteiger partial charge on any atom is -0.310 e. The van der Waals surface area contributed by atoms with Crippen molar-refractivity contribution in [2.75, 3.05) is 18.6 Å². The number of hydrogen-bond acceptors (Lipinski definition) is 4. The summed E-state index contributed by atoms with van der Waals surface area (Å²) in [4.78, 5) is 4.60. The fourth-order valence-electron chi connectivity index (χ4n) is 1.69. The van der Waals surface area contributed by atoms with Gasteiger partial charge in [0.25, 0.3) is 0 Å². The first-order valence-electron chi connectivity index (χ1n) is 5.94. The highest BCUT2D eigenvalue weighted by Crippen LogP contribution is 2.21. The normalized spacial score (nSPS) is 11.1. The Morgan fingerprint density at radius 3 is 3.00 bits per heavy atom. The summed E-state index contributed by atoms with van der Waals surface area (Å²) >= 11 is 3.71. The molecule has 0 bridgehead atoms. The molecule has 0 fully saturated rings. The average Bonchev–Trinajstić information content (AvgIpc) is 2.76. The molecule has 0 aliphatic rings. The molecule has 1 heterocycles. The smallest absolute Gasteiger partial charge is 0.108 e. The molecule has 0 saturated heterocycles. The lowest BCUT2D eigenvalue weighted by molar-refractivity contribution is 0.642. The fourth-order valence-corrected chi connectivity index (χ4v) is 3.12. The maximum absolute atomic E-state index is 4.60. The Morgan fingerprint density at radius 1 is 1.29 bits per heavy atom. The van der Waals surface area contributed by atoms with Crippen LogP contribution in [0.4, 0.5) is 0 Å². The van der Waals surface area contributed by atoms with Gasteiger partial charge in [-0.1, -0.05) is 12.1 Å². The topological polar surface area (TPSA) is 24.9 Å². The second-order valence-corrected chi connectivity index (χ2v) is 6.05. The summed E-state index contributed by atoms with van der Waals surface area (Å²) in [5, 5.41) is 4.65. The number of benzene rings is 1. The van der Waals surface area contributed by atoms with Gasteiger partial charge < -0.3 is 5.32 Å². The van der Waals surface area contributed by atoms with E-state index in [1.54, 1.807) is 11.3 Å². The third-order valence-electron chi connectivity index (χ3n) is 2.57. The van der Waals surface area contributed by atoms with Crippen molar-refractivity contribution in [1.29, 1.82) is 0 Å². The maximum atomic E-state index is 4.60. The van der Waals surface area contributed by atoms with Crippen molar-refractivity contribution in [3.8, 4) is 0 Å². The van der Waals surface area contributed by atoms with Crippen molar-refractivity contribution >= 4 is 33.3 Å². The number of thioether (sulfide) groups is 1. The Bertz CT molecular complexity index is 420. The highest BCUT2D eigenvalue weighted by atomic mass is 32.2. The van der Waals surface area contributed by atoms with Gasteiger partial charge in [-0.05, 0) is 43.5 Å². The van der Waals surface area contributed by atoms with E-state index in [0.29, 0.717) is 0 Å². The van der Waals surface area contributed by atoms with Crippen LogP contribution in [0.1, 0.15) is 17.8 Å². The Hall–Kier alpha value is -0.580. The van der Waals surface area contributed by atoms with E-state index < -0.39 is 0 Å². The standard InChI is InChI=1S/C13H18N2S2/c1-16-9-5-4-8-14-10-13-15-11-6-2-3-7-12(11)17-13/h2-3,6-7,14H,4-5,8-10H2,1H3. The van der Waals surface area contributed by atoms with E-state index in [1.165, 1.54) is 28.3 Å². The molecule has 17 heavy (non-hydrogen) atoms. The Morgan fingerprint density at radius 2 is 2.18 bits per heavy atom. The second kappa shape index (κ2) is 6.99. The van der Waals surface area contributed by atoms with Gasteiger partial charge in [0, 0.05) is 6.54 Å². The second-order valence-electron chi connectivity index (χ2n) is 3.95. The minimum absolute atomic E-state index is 0.901. The number of thiazole rings is 1. The Kier molecular flexibility index (Phi) is 5.29. The van der Waals surface area contributed by atoms with E-state index in [1.807, 2.05) is 17.8 Å². The fraction of sp³-hybridized carbons (Fsp3) is 0.462. The van der Waals surface area contributed by atoms with Gasteiger partial charge in [0.15, 0.2) is 0 Å². The number of nitrogens with one attached hydrogen (secondary N) is 1. The number of fused-ring (bicyclic) bond motifs is 1. The van der Waals surface area contributed by atoms with Crippen molar-refractivity contribution in [2.45, 2.75) is 19.4 Å². The average molecular weight is 266 g/mol. The van der Waals surface area contributed by atoms with Gasteiger partial charge in [-0.25, -0.2) is 4.98 Å². The van der Waals surface area contributed by atoms with Crippen molar-refractivity contribution in [1.82, 2.24) is 10.3 Å². The monoisotopic (exact) mass is 266 g/mol. The number of unbranched alkanes of at least 4 members (excludes halogenated alkanes) is 1. The summed E-state index contributed by atoms with van der Waals surface area (Å²) in [5.41, 5.74) is 1.12. The predicted octanol–water partition coefficient (Wildman–Crippen LogP) is 3.53. The molecule has 0 atom stereocenters. The van der Waals surface area contributed by atoms with Gasteiger partial charge >= 0.3 is 0 Å². The third-order valence-corrected chi connectivity index (χ3v) is 4.30. The summed E-state index contributed by atoms with van der Waals surface area (Å²) in [7, 11) is 0. The molecule has 1 N–H and O–H groups in total. The van der Waals surface area contributed by atoms with Gasteiger partial charge in [0.2, 0.25) is 0 Å². The van der Waals surface area contributed by atoms with E-state index in [9.17, 15) is 0 Å². The maximum Gasteiger partial charge on any atom is 0.108 e. The molecule has 0 unspecified atom stereocenters. The molecule has 2 aromatic rings. The summed E-state index contributed by atoms with van der Waals surface area (Å²) in [6, 6.07) is 8.32. The molecule has 0 amide bonds. The predicted molar refractivity (Wildman–Crippen MR) is 78.9 cm³/mol.